The van der Waals surface area contributed by atoms with Crippen LogP contribution in [0.2, 0.25) is 0 Å². The first-order valence-corrected chi connectivity index (χ1v) is 15.2. The molecule has 8 nitrogen and oxygen atoms in total. The number of aldehydes is 1. The number of aliphatic hydroxyl groups is 1. The lowest BCUT2D eigenvalue weighted by molar-refractivity contribution is -0.158. The smallest absolute Gasteiger partial charge is 0.343 e. The molecule has 0 spiro atoms. The normalized spacial score (nSPS) is 12.8. The lowest BCUT2D eigenvalue weighted by atomic mass is 10.00. The van der Waals surface area contributed by atoms with E-state index in [1.54, 1.807) is 48.5 Å². The fraction of sp³-hybridized carbons (Fsp3) is 0.457. The van der Waals surface area contributed by atoms with Gasteiger partial charge in [-0.1, -0.05) is 65.5 Å². The Kier molecular flexibility index (Phi) is 16.5. The Hall–Kier alpha value is -3.91. The van der Waals surface area contributed by atoms with Crippen molar-refractivity contribution in [2.75, 3.05) is 0 Å². The largest absolute Gasteiger partial charge is 0.488 e. The molecule has 2 aromatic rings. The van der Waals surface area contributed by atoms with Crippen LogP contribution < -0.4 is 14.2 Å². The maximum atomic E-state index is 12.8. The zero-order valence-corrected chi connectivity index (χ0v) is 25.5. The van der Waals surface area contributed by atoms with Gasteiger partial charge in [-0.2, -0.15) is 0 Å². The van der Waals surface area contributed by atoms with Gasteiger partial charge in [0.1, 0.15) is 29.6 Å². The molecule has 0 saturated heterocycles. The van der Waals surface area contributed by atoms with Gasteiger partial charge in [0, 0.05) is 18.9 Å². The van der Waals surface area contributed by atoms with Crippen molar-refractivity contribution in [3.05, 3.63) is 78.9 Å². The molecule has 0 radical (unpaired) electrons. The molecular formula is C35H46O8. The third-order valence-corrected chi connectivity index (χ3v) is 6.80. The maximum absolute atomic E-state index is 12.8. The van der Waals surface area contributed by atoms with Crippen LogP contribution in [0.4, 0.5) is 0 Å². The fourth-order valence-electron chi connectivity index (χ4n) is 4.36. The highest BCUT2D eigenvalue weighted by Crippen LogP contribution is 2.24. The van der Waals surface area contributed by atoms with Gasteiger partial charge in [0.25, 0.3) is 0 Å². The highest BCUT2D eigenvalue weighted by Gasteiger charge is 2.22. The summed E-state index contributed by atoms with van der Waals surface area (Å²) in [4.78, 5) is 35.5. The lowest BCUT2D eigenvalue weighted by Crippen LogP contribution is -2.32. The van der Waals surface area contributed by atoms with Crippen LogP contribution in [0.3, 0.4) is 0 Å². The molecule has 3 atom stereocenters. The zero-order chi connectivity index (χ0) is 31.5. The number of carbonyl (C=O) groups excluding carboxylic acids is 3. The van der Waals surface area contributed by atoms with Crippen LogP contribution in [0, 0.1) is 0 Å². The van der Waals surface area contributed by atoms with E-state index in [-0.39, 0.29) is 6.42 Å². The minimum Gasteiger partial charge on any atom is -0.488 e. The van der Waals surface area contributed by atoms with Crippen molar-refractivity contribution in [1.29, 1.82) is 0 Å². The minimum absolute atomic E-state index is 0.135. The molecule has 8 heteroatoms. The summed E-state index contributed by atoms with van der Waals surface area (Å²) in [7, 11) is 0. The van der Waals surface area contributed by atoms with Gasteiger partial charge in [0.15, 0.2) is 0 Å². The monoisotopic (exact) mass is 594 g/mol. The number of carbonyl (C=O) groups is 3. The number of benzene rings is 2. The van der Waals surface area contributed by atoms with E-state index in [4.69, 9.17) is 18.9 Å². The van der Waals surface area contributed by atoms with Gasteiger partial charge in [0.2, 0.25) is 6.29 Å². The Balaban J connectivity index is 1.98. The van der Waals surface area contributed by atoms with Crippen LogP contribution in [0.15, 0.2) is 73.3 Å². The van der Waals surface area contributed by atoms with E-state index in [9.17, 15) is 19.5 Å². The number of aliphatic hydroxyl groups excluding tert-OH is 1. The summed E-state index contributed by atoms with van der Waals surface area (Å²) < 4.78 is 22.7. The summed E-state index contributed by atoms with van der Waals surface area (Å²) in [6.45, 7) is 11.4. The first-order chi connectivity index (χ1) is 20.8. The average molecular weight is 595 g/mol. The van der Waals surface area contributed by atoms with Crippen molar-refractivity contribution >= 4 is 18.2 Å². The predicted molar refractivity (Wildman–Crippen MR) is 166 cm³/mol. The van der Waals surface area contributed by atoms with Crippen LogP contribution in [0.25, 0.3) is 0 Å². The fourth-order valence-corrected chi connectivity index (χ4v) is 4.36. The molecule has 0 aliphatic heterocycles. The quantitative estimate of drug-likeness (QED) is 0.0372. The van der Waals surface area contributed by atoms with Crippen molar-refractivity contribution in [3.63, 3.8) is 0 Å². The first kappa shape index (κ1) is 35.3. The molecule has 2 rings (SSSR count). The van der Waals surface area contributed by atoms with E-state index in [0.717, 1.165) is 57.4 Å². The van der Waals surface area contributed by atoms with Crippen LogP contribution in [0.5, 0.6) is 17.2 Å². The molecule has 0 heterocycles. The minimum atomic E-state index is -0.874. The zero-order valence-electron chi connectivity index (χ0n) is 25.5. The Morgan fingerprint density at radius 3 is 1.95 bits per heavy atom. The maximum Gasteiger partial charge on any atom is 0.343 e. The molecule has 0 aliphatic carbocycles. The van der Waals surface area contributed by atoms with Crippen molar-refractivity contribution < 1.29 is 38.4 Å². The third kappa shape index (κ3) is 13.7. The van der Waals surface area contributed by atoms with Crippen LogP contribution in [-0.4, -0.2) is 41.8 Å². The standard InChI is InChI=1S/C35H46O8/c1-5-8-10-12-14-32(31(37)24-26(4)25-36)40-28-18-16-27(17-19-28)35(39)42-30-22-20-29(21-23-30)41-34(43-33(38)7-3)15-13-11-9-6-2/h7,16-23,25,31-32,34,37H,3-6,8-15,24H2,1-2H3. The second-order valence-corrected chi connectivity index (χ2v) is 10.5. The summed E-state index contributed by atoms with van der Waals surface area (Å²) in [5.41, 5.74) is 0.635. The lowest BCUT2D eigenvalue weighted by Gasteiger charge is -2.24. The van der Waals surface area contributed by atoms with E-state index in [1.807, 2.05) is 0 Å². The van der Waals surface area contributed by atoms with E-state index in [0.29, 0.717) is 47.5 Å². The summed E-state index contributed by atoms with van der Waals surface area (Å²) in [5, 5.41) is 10.7. The molecule has 43 heavy (non-hydrogen) atoms. The van der Waals surface area contributed by atoms with Gasteiger partial charge in [-0.05, 0) is 73.4 Å². The molecule has 0 amide bonds. The van der Waals surface area contributed by atoms with E-state index < -0.39 is 30.4 Å². The number of esters is 2. The number of rotatable bonds is 22. The average Bonchev–Trinajstić information content (AvgIpc) is 3.01. The Bertz CT molecular complexity index is 1140. The first-order valence-electron chi connectivity index (χ1n) is 15.2. The van der Waals surface area contributed by atoms with E-state index in [1.165, 1.54) is 0 Å². The molecule has 234 valence electrons. The van der Waals surface area contributed by atoms with Crippen LogP contribution in [-0.2, 0) is 14.3 Å². The van der Waals surface area contributed by atoms with Crippen molar-refractivity contribution in [1.82, 2.24) is 0 Å². The van der Waals surface area contributed by atoms with Gasteiger partial charge in [0.05, 0.1) is 11.7 Å². The highest BCUT2D eigenvalue weighted by atomic mass is 16.7. The molecule has 3 unspecified atom stereocenters. The van der Waals surface area contributed by atoms with Gasteiger partial charge < -0.3 is 24.1 Å². The second-order valence-electron chi connectivity index (χ2n) is 10.5. The Labute approximate surface area is 255 Å². The summed E-state index contributed by atoms with van der Waals surface area (Å²) >= 11 is 0. The molecule has 2 aromatic carbocycles. The number of ether oxygens (including phenoxy) is 4. The SMILES string of the molecule is C=CC(=O)OC(CCCCCC)Oc1ccc(OC(=O)c2ccc(OC(CCCCCC)C(O)CC(=C)C=O)cc2)cc1. The molecule has 0 bridgehead atoms. The number of hydrogen-bond acceptors (Lipinski definition) is 8. The summed E-state index contributed by atoms with van der Waals surface area (Å²) in [6, 6.07) is 13.0. The predicted octanol–water partition coefficient (Wildman–Crippen LogP) is 7.53. The Morgan fingerprint density at radius 2 is 1.37 bits per heavy atom. The van der Waals surface area contributed by atoms with E-state index in [2.05, 4.69) is 27.0 Å². The summed E-state index contributed by atoms with van der Waals surface area (Å²) in [6.07, 6.45) is 9.13. The molecule has 0 saturated carbocycles. The highest BCUT2D eigenvalue weighted by molar-refractivity contribution is 5.91. The molecule has 0 fully saturated rings. The van der Waals surface area contributed by atoms with Gasteiger partial charge >= 0.3 is 11.9 Å². The van der Waals surface area contributed by atoms with Crippen molar-refractivity contribution in [3.8, 4) is 17.2 Å². The molecule has 0 aromatic heterocycles. The van der Waals surface area contributed by atoms with Crippen molar-refractivity contribution in [2.45, 2.75) is 103 Å². The molecule has 1 N–H and O–H groups in total. The number of unbranched alkanes of at least 4 members (excludes halogenated alkanes) is 6. The second kappa shape index (κ2) is 20.1. The van der Waals surface area contributed by atoms with Crippen LogP contribution >= 0.6 is 0 Å². The topological polar surface area (TPSA) is 108 Å². The molecular weight excluding hydrogens is 548 g/mol. The van der Waals surface area contributed by atoms with Gasteiger partial charge in [-0.3, -0.25) is 4.79 Å². The van der Waals surface area contributed by atoms with E-state index >= 15 is 0 Å². The third-order valence-electron chi connectivity index (χ3n) is 6.80. The van der Waals surface area contributed by atoms with Crippen LogP contribution in [0.1, 0.15) is 94.8 Å². The Morgan fingerprint density at radius 1 is 0.814 bits per heavy atom. The van der Waals surface area contributed by atoms with Crippen molar-refractivity contribution in [2.24, 2.45) is 0 Å². The summed E-state index contributed by atoms with van der Waals surface area (Å²) in [5.74, 6) is 0.195. The molecule has 0 aliphatic rings. The number of hydrogen-bond donors (Lipinski definition) is 1. The van der Waals surface area contributed by atoms with Gasteiger partial charge in [-0.25, -0.2) is 9.59 Å². The van der Waals surface area contributed by atoms with Gasteiger partial charge in [-0.15, -0.1) is 0 Å².